The fourth-order valence-electron chi connectivity index (χ4n) is 1.41. The molecule has 2 N–H and O–H groups in total. The van der Waals surface area contributed by atoms with E-state index in [2.05, 4.69) is 10.1 Å². The van der Waals surface area contributed by atoms with Crippen molar-refractivity contribution < 1.29 is 8.91 Å². The number of nitrogens with zero attached hydrogens (tertiary/aromatic N) is 2. The Hall–Kier alpha value is -1.75. The van der Waals surface area contributed by atoms with Crippen molar-refractivity contribution in [2.45, 2.75) is 13.3 Å². The summed E-state index contributed by atoms with van der Waals surface area (Å²) in [4.78, 5) is 4.07. The first-order valence-corrected chi connectivity index (χ1v) is 5.00. The van der Waals surface area contributed by atoms with Gasteiger partial charge in [-0.3, -0.25) is 0 Å². The molecule has 0 amide bonds. The van der Waals surface area contributed by atoms with Crippen LogP contribution in [0.1, 0.15) is 11.4 Å². The lowest BCUT2D eigenvalue weighted by molar-refractivity contribution is 0.420. The molecular weight excluding hydrogens is 209 g/mol. The van der Waals surface area contributed by atoms with Crippen LogP contribution in [0.3, 0.4) is 0 Å². The first kappa shape index (κ1) is 10.8. The van der Waals surface area contributed by atoms with E-state index in [9.17, 15) is 4.39 Å². The van der Waals surface area contributed by atoms with E-state index in [-0.39, 0.29) is 11.7 Å². The van der Waals surface area contributed by atoms with Crippen LogP contribution in [-0.4, -0.2) is 16.7 Å². The van der Waals surface area contributed by atoms with Crippen LogP contribution < -0.4 is 5.73 Å². The predicted molar refractivity (Wildman–Crippen MR) is 57.2 cm³/mol. The summed E-state index contributed by atoms with van der Waals surface area (Å²) < 4.78 is 18.7. The summed E-state index contributed by atoms with van der Waals surface area (Å²) in [5, 5.41) is 3.72. The quantitative estimate of drug-likeness (QED) is 0.856. The topological polar surface area (TPSA) is 64.9 Å². The Morgan fingerprint density at radius 3 is 3.00 bits per heavy atom. The molecule has 0 spiro atoms. The van der Waals surface area contributed by atoms with Crippen LogP contribution >= 0.6 is 0 Å². The van der Waals surface area contributed by atoms with E-state index in [1.807, 2.05) is 0 Å². The van der Waals surface area contributed by atoms with Crippen molar-refractivity contribution in [3.8, 4) is 11.5 Å². The van der Waals surface area contributed by atoms with Crippen molar-refractivity contribution in [3.63, 3.8) is 0 Å². The second-order valence-corrected chi connectivity index (χ2v) is 3.49. The maximum atomic E-state index is 13.7. The van der Waals surface area contributed by atoms with Gasteiger partial charge in [0.15, 0.2) is 5.82 Å². The molecule has 2 aromatic rings. The van der Waals surface area contributed by atoms with Gasteiger partial charge in [0.05, 0.1) is 5.56 Å². The molecule has 1 heterocycles. The van der Waals surface area contributed by atoms with Gasteiger partial charge in [-0.2, -0.15) is 4.98 Å². The first-order valence-electron chi connectivity index (χ1n) is 5.00. The molecule has 0 atom stereocenters. The Bertz CT molecular complexity index is 496. The smallest absolute Gasteiger partial charge is 0.260 e. The van der Waals surface area contributed by atoms with E-state index >= 15 is 0 Å². The van der Waals surface area contributed by atoms with Crippen molar-refractivity contribution in [1.29, 1.82) is 0 Å². The van der Waals surface area contributed by atoms with Gasteiger partial charge in [0.25, 0.3) is 5.89 Å². The minimum atomic E-state index is -0.328. The molecule has 1 aromatic carbocycles. The van der Waals surface area contributed by atoms with E-state index in [1.165, 1.54) is 0 Å². The number of hydrogen-bond acceptors (Lipinski definition) is 4. The minimum absolute atomic E-state index is 0.199. The molecule has 0 bridgehead atoms. The van der Waals surface area contributed by atoms with E-state index in [0.29, 0.717) is 29.9 Å². The SMILES string of the molecule is Cc1cccc(-c2nc(CCN)no2)c1F. The van der Waals surface area contributed by atoms with E-state index in [1.54, 1.807) is 25.1 Å². The number of aryl methyl sites for hydroxylation is 1. The zero-order valence-electron chi connectivity index (χ0n) is 8.90. The molecule has 2 rings (SSSR count). The van der Waals surface area contributed by atoms with Crippen molar-refractivity contribution in [1.82, 2.24) is 10.1 Å². The van der Waals surface area contributed by atoms with Gasteiger partial charge >= 0.3 is 0 Å². The predicted octanol–water partition coefficient (Wildman–Crippen LogP) is 1.69. The largest absolute Gasteiger partial charge is 0.334 e. The molecule has 0 aliphatic rings. The molecule has 0 fully saturated rings. The fourth-order valence-corrected chi connectivity index (χ4v) is 1.41. The molecule has 0 unspecified atom stereocenters. The number of hydrogen-bond donors (Lipinski definition) is 1. The summed E-state index contributed by atoms with van der Waals surface area (Å²) >= 11 is 0. The molecule has 84 valence electrons. The van der Waals surface area contributed by atoms with Crippen molar-refractivity contribution in [3.05, 3.63) is 35.4 Å². The lowest BCUT2D eigenvalue weighted by atomic mass is 10.1. The van der Waals surface area contributed by atoms with Gasteiger partial charge in [-0.25, -0.2) is 4.39 Å². The molecular formula is C11H12FN3O. The summed E-state index contributed by atoms with van der Waals surface area (Å²) in [6.07, 6.45) is 0.525. The highest BCUT2D eigenvalue weighted by Crippen LogP contribution is 2.22. The fraction of sp³-hybridized carbons (Fsp3) is 0.273. The highest BCUT2D eigenvalue weighted by Gasteiger charge is 2.13. The maximum Gasteiger partial charge on any atom is 0.260 e. The molecule has 16 heavy (non-hydrogen) atoms. The van der Waals surface area contributed by atoms with Gasteiger partial charge < -0.3 is 10.3 Å². The molecule has 0 saturated carbocycles. The Morgan fingerprint density at radius 2 is 2.25 bits per heavy atom. The van der Waals surface area contributed by atoms with Crippen LogP contribution in [-0.2, 0) is 6.42 Å². The van der Waals surface area contributed by atoms with Crippen LogP contribution in [0.2, 0.25) is 0 Å². The van der Waals surface area contributed by atoms with E-state index in [4.69, 9.17) is 10.3 Å². The summed E-state index contributed by atoms with van der Waals surface area (Å²) in [5.74, 6) is 0.369. The third-order valence-corrected chi connectivity index (χ3v) is 2.26. The number of rotatable bonds is 3. The molecule has 0 aliphatic heterocycles. The van der Waals surface area contributed by atoms with Gasteiger partial charge in [0.1, 0.15) is 5.82 Å². The van der Waals surface area contributed by atoms with Gasteiger partial charge in [-0.15, -0.1) is 0 Å². The lowest BCUT2D eigenvalue weighted by Gasteiger charge is -1.99. The Labute approximate surface area is 92.3 Å². The monoisotopic (exact) mass is 221 g/mol. The summed E-state index contributed by atoms with van der Waals surface area (Å²) in [5.41, 5.74) is 6.25. The Kier molecular flexibility index (Phi) is 2.96. The molecule has 0 radical (unpaired) electrons. The highest BCUT2D eigenvalue weighted by molar-refractivity contribution is 5.55. The van der Waals surface area contributed by atoms with Crippen molar-refractivity contribution in [2.24, 2.45) is 5.73 Å². The molecule has 5 heteroatoms. The summed E-state index contributed by atoms with van der Waals surface area (Å²) in [7, 11) is 0. The van der Waals surface area contributed by atoms with Gasteiger partial charge in [0.2, 0.25) is 0 Å². The van der Waals surface area contributed by atoms with Crippen LogP contribution in [0.4, 0.5) is 4.39 Å². The van der Waals surface area contributed by atoms with Crippen LogP contribution in [0.5, 0.6) is 0 Å². The third kappa shape index (κ3) is 1.94. The van der Waals surface area contributed by atoms with Crippen LogP contribution in [0.15, 0.2) is 22.7 Å². The minimum Gasteiger partial charge on any atom is -0.334 e. The highest BCUT2D eigenvalue weighted by atomic mass is 19.1. The first-order chi connectivity index (χ1) is 7.72. The molecule has 4 nitrogen and oxygen atoms in total. The number of nitrogens with two attached hydrogens (primary N) is 1. The normalized spacial score (nSPS) is 10.7. The van der Waals surface area contributed by atoms with Crippen molar-refractivity contribution in [2.75, 3.05) is 6.54 Å². The van der Waals surface area contributed by atoms with Gasteiger partial charge in [-0.05, 0) is 25.1 Å². The Balaban J connectivity index is 2.39. The van der Waals surface area contributed by atoms with Gasteiger partial charge in [-0.1, -0.05) is 17.3 Å². The number of aromatic nitrogens is 2. The summed E-state index contributed by atoms with van der Waals surface area (Å²) in [6, 6.07) is 5.05. The standard InChI is InChI=1S/C11H12FN3O/c1-7-3-2-4-8(10(7)12)11-14-9(5-6-13)15-16-11/h2-4H,5-6,13H2,1H3. The average molecular weight is 221 g/mol. The molecule has 1 aromatic heterocycles. The molecule has 0 saturated heterocycles. The Morgan fingerprint density at radius 1 is 1.44 bits per heavy atom. The second kappa shape index (κ2) is 4.40. The van der Waals surface area contributed by atoms with Crippen LogP contribution in [0, 0.1) is 12.7 Å². The second-order valence-electron chi connectivity index (χ2n) is 3.49. The number of halogens is 1. The lowest BCUT2D eigenvalue weighted by Crippen LogP contribution is -2.03. The third-order valence-electron chi connectivity index (χ3n) is 2.26. The zero-order chi connectivity index (χ0) is 11.5. The van der Waals surface area contributed by atoms with Crippen molar-refractivity contribution >= 4 is 0 Å². The summed E-state index contributed by atoms with van der Waals surface area (Å²) in [6.45, 7) is 2.13. The molecule has 0 aliphatic carbocycles. The van der Waals surface area contributed by atoms with E-state index < -0.39 is 0 Å². The zero-order valence-corrected chi connectivity index (χ0v) is 8.90. The van der Waals surface area contributed by atoms with Gasteiger partial charge in [0, 0.05) is 6.42 Å². The number of benzene rings is 1. The average Bonchev–Trinajstić information content (AvgIpc) is 2.71. The van der Waals surface area contributed by atoms with E-state index in [0.717, 1.165) is 0 Å². The maximum absolute atomic E-state index is 13.7. The van der Waals surface area contributed by atoms with Crippen LogP contribution in [0.25, 0.3) is 11.5 Å².